The van der Waals surface area contributed by atoms with E-state index in [4.69, 9.17) is 0 Å². The predicted octanol–water partition coefficient (Wildman–Crippen LogP) is 1.92. The van der Waals surface area contributed by atoms with E-state index in [1.54, 1.807) is 0 Å². The summed E-state index contributed by atoms with van der Waals surface area (Å²) in [5.41, 5.74) is 2.01. The lowest BCUT2D eigenvalue weighted by molar-refractivity contribution is -0.684. The third-order valence-electron chi connectivity index (χ3n) is 2.44. The van der Waals surface area contributed by atoms with Gasteiger partial charge in [0.1, 0.15) is 0 Å². The summed E-state index contributed by atoms with van der Waals surface area (Å²) in [4.78, 5) is 11.7. The number of aromatic nitrogens is 1. The molecule has 0 radical (unpaired) electrons. The number of hydrogen-bond donors (Lipinski definition) is 1. The molecule has 3 heteroatoms. The fourth-order valence-electron chi connectivity index (χ4n) is 1.53. The zero-order valence-corrected chi connectivity index (χ0v) is 9.76. The Morgan fingerprint density at radius 1 is 1.12 bits per heavy atom. The van der Waals surface area contributed by atoms with Crippen molar-refractivity contribution in [2.45, 2.75) is 13.5 Å². The first-order valence-electron chi connectivity index (χ1n) is 5.55. The van der Waals surface area contributed by atoms with Gasteiger partial charge in [-0.25, -0.2) is 0 Å². The molecule has 0 unspecified atom stereocenters. The van der Waals surface area contributed by atoms with Crippen LogP contribution in [0.4, 0.5) is 5.69 Å². The normalized spacial score (nSPS) is 9.94. The van der Waals surface area contributed by atoms with Crippen LogP contribution in [0.2, 0.25) is 0 Å². The monoisotopic (exact) mass is 227 g/mol. The van der Waals surface area contributed by atoms with E-state index in [1.807, 2.05) is 66.3 Å². The van der Waals surface area contributed by atoms with Gasteiger partial charge in [0.25, 0.3) is 5.91 Å². The van der Waals surface area contributed by atoms with Gasteiger partial charge in [-0.05, 0) is 24.6 Å². The molecule has 17 heavy (non-hydrogen) atoms. The van der Waals surface area contributed by atoms with E-state index in [9.17, 15) is 4.79 Å². The zero-order chi connectivity index (χ0) is 12.1. The van der Waals surface area contributed by atoms with Crippen molar-refractivity contribution < 1.29 is 9.36 Å². The SMILES string of the molecule is Cc1cc[n+](CC(=O)Nc2ccccc2)cc1. The number of amides is 1. The number of carbonyl (C=O) groups is 1. The van der Waals surface area contributed by atoms with Crippen LogP contribution in [0.1, 0.15) is 5.56 Å². The molecule has 86 valence electrons. The minimum Gasteiger partial charge on any atom is -0.321 e. The number of carbonyl (C=O) groups excluding carboxylic acids is 1. The molecule has 0 aliphatic rings. The Balaban J connectivity index is 1.96. The van der Waals surface area contributed by atoms with Crippen molar-refractivity contribution in [3.05, 3.63) is 60.4 Å². The van der Waals surface area contributed by atoms with Crippen LogP contribution in [0.15, 0.2) is 54.9 Å². The summed E-state index contributed by atoms with van der Waals surface area (Å²) in [7, 11) is 0. The molecule has 1 heterocycles. The summed E-state index contributed by atoms with van der Waals surface area (Å²) < 4.78 is 1.85. The van der Waals surface area contributed by atoms with Crippen molar-refractivity contribution in [2.24, 2.45) is 0 Å². The van der Waals surface area contributed by atoms with Crippen molar-refractivity contribution in [1.29, 1.82) is 0 Å². The predicted molar refractivity (Wildman–Crippen MR) is 66.4 cm³/mol. The minimum absolute atomic E-state index is 0.0231. The van der Waals surface area contributed by atoms with Crippen molar-refractivity contribution in [2.75, 3.05) is 5.32 Å². The first-order chi connectivity index (χ1) is 8.24. The highest BCUT2D eigenvalue weighted by Crippen LogP contribution is 2.04. The first kappa shape index (κ1) is 11.3. The molecule has 1 N–H and O–H groups in total. The van der Waals surface area contributed by atoms with Crippen LogP contribution in [0, 0.1) is 6.92 Å². The molecular formula is C14H15N2O+. The second kappa shape index (κ2) is 5.25. The third kappa shape index (κ3) is 3.41. The summed E-state index contributed by atoms with van der Waals surface area (Å²) in [5, 5.41) is 2.85. The van der Waals surface area contributed by atoms with Crippen LogP contribution in [0.3, 0.4) is 0 Å². The minimum atomic E-state index is -0.0231. The van der Waals surface area contributed by atoms with Crippen molar-refractivity contribution in [3.8, 4) is 0 Å². The molecule has 2 aromatic rings. The van der Waals surface area contributed by atoms with Gasteiger partial charge >= 0.3 is 0 Å². The molecule has 0 atom stereocenters. The average molecular weight is 227 g/mol. The van der Waals surface area contributed by atoms with Gasteiger partial charge in [-0.2, -0.15) is 4.57 Å². The average Bonchev–Trinajstić information content (AvgIpc) is 2.33. The van der Waals surface area contributed by atoms with Gasteiger partial charge in [-0.1, -0.05) is 18.2 Å². The Labute approximate surface area is 101 Å². The summed E-state index contributed by atoms with van der Waals surface area (Å²) in [6.45, 7) is 2.35. The molecule has 0 aliphatic heterocycles. The number of nitrogens with one attached hydrogen (secondary N) is 1. The van der Waals surface area contributed by atoms with E-state index in [-0.39, 0.29) is 5.91 Å². The maximum absolute atomic E-state index is 11.7. The summed E-state index contributed by atoms with van der Waals surface area (Å²) in [5.74, 6) is -0.0231. The third-order valence-corrected chi connectivity index (χ3v) is 2.44. The van der Waals surface area contributed by atoms with Gasteiger partial charge in [0, 0.05) is 17.8 Å². The number of anilines is 1. The highest BCUT2D eigenvalue weighted by atomic mass is 16.1. The number of rotatable bonds is 3. The standard InChI is InChI=1S/C14H14N2O/c1-12-7-9-16(10-8-12)11-14(17)15-13-5-3-2-4-6-13/h2-10H,11H2,1H3/p+1. The number of para-hydroxylation sites is 1. The van der Waals surface area contributed by atoms with Crippen LogP contribution in [-0.4, -0.2) is 5.91 Å². The molecule has 1 amide bonds. The van der Waals surface area contributed by atoms with Crippen molar-refractivity contribution in [3.63, 3.8) is 0 Å². The van der Waals surface area contributed by atoms with Crippen LogP contribution >= 0.6 is 0 Å². The Hall–Kier alpha value is -2.16. The van der Waals surface area contributed by atoms with Gasteiger partial charge in [0.15, 0.2) is 12.4 Å². The Kier molecular flexibility index (Phi) is 3.50. The number of hydrogen-bond acceptors (Lipinski definition) is 1. The largest absolute Gasteiger partial charge is 0.321 e. The number of aryl methyl sites for hydroxylation is 1. The summed E-state index contributed by atoms with van der Waals surface area (Å²) >= 11 is 0. The molecule has 0 saturated heterocycles. The number of nitrogens with zero attached hydrogens (tertiary/aromatic N) is 1. The number of pyridine rings is 1. The quantitative estimate of drug-likeness (QED) is 0.798. The molecule has 0 bridgehead atoms. The fraction of sp³-hybridized carbons (Fsp3) is 0.143. The Morgan fingerprint density at radius 3 is 2.41 bits per heavy atom. The van der Waals surface area contributed by atoms with E-state index in [0.29, 0.717) is 6.54 Å². The highest BCUT2D eigenvalue weighted by molar-refractivity contribution is 5.89. The molecule has 0 aliphatic carbocycles. The summed E-state index contributed by atoms with van der Waals surface area (Å²) in [6, 6.07) is 13.4. The summed E-state index contributed by atoms with van der Waals surface area (Å²) in [6.07, 6.45) is 3.81. The van der Waals surface area contributed by atoms with Crippen LogP contribution in [-0.2, 0) is 11.3 Å². The molecular weight excluding hydrogens is 212 g/mol. The van der Waals surface area contributed by atoms with Gasteiger partial charge in [-0.15, -0.1) is 0 Å². The molecule has 0 spiro atoms. The van der Waals surface area contributed by atoms with Gasteiger partial charge in [0.2, 0.25) is 6.54 Å². The highest BCUT2D eigenvalue weighted by Gasteiger charge is 2.08. The smallest absolute Gasteiger partial charge is 0.290 e. The molecule has 2 rings (SSSR count). The molecule has 1 aromatic heterocycles. The molecule has 0 saturated carbocycles. The maximum Gasteiger partial charge on any atom is 0.290 e. The van der Waals surface area contributed by atoms with E-state index in [0.717, 1.165) is 5.69 Å². The van der Waals surface area contributed by atoms with Gasteiger partial charge < -0.3 is 5.32 Å². The second-order valence-electron chi connectivity index (χ2n) is 3.96. The van der Waals surface area contributed by atoms with E-state index >= 15 is 0 Å². The van der Waals surface area contributed by atoms with E-state index in [1.165, 1.54) is 5.56 Å². The van der Waals surface area contributed by atoms with Gasteiger partial charge in [-0.3, -0.25) is 4.79 Å². The topological polar surface area (TPSA) is 33.0 Å². The first-order valence-corrected chi connectivity index (χ1v) is 5.55. The maximum atomic E-state index is 11.7. The van der Waals surface area contributed by atoms with Gasteiger partial charge in [0.05, 0.1) is 0 Å². The van der Waals surface area contributed by atoms with Crippen LogP contribution < -0.4 is 9.88 Å². The number of benzene rings is 1. The van der Waals surface area contributed by atoms with E-state index < -0.39 is 0 Å². The lowest BCUT2D eigenvalue weighted by Crippen LogP contribution is -2.39. The Morgan fingerprint density at radius 2 is 1.76 bits per heavy atom. The lowest BCUT2D eigenvalue weighted by Gasteiger charge is -2.02. The molecule has 0 fully saturated rings. The van der Waals surface area contributed by atoms with Crippen LogP contribution in [0.5, 0.6) is 0 Å². The van der Waals surface area contributed by atoms with E-state index in [2.05, 4.69) is 5.32 Å². The van der Waals surface area contributed by atoms with Crippen LogP contribution in [0.25, 0.3) is 0 Å². The Bertz CT molecular complexity index is 491. The molecule has 3 nitrogen and oxygen atoms in total. The zero-order valence-electron chi connectivity index (χ0n) is 9.76. The fourth-order valence-corrected chi connectivity index (χ4v) is 1.53. The lowest BCUT2D eigenvalue weighted by atomic mass is 10.3. The van der Waals surface area contributed by atoms with Crippen molar-refractivity contribution >= 4 is 11.6 Å². The second-order valence-corrected chi connectivity index (χ2v) is 3.96. The van der Waals surface area contributed by atoms with Crippen molar-refractivity contribution in [1.82, 2.24) is 0 Å². The molecule has 1 aromatic carbocycles.